The van der Waals surface area contributed by atoms with Crippen molar-refractivity contribution >= 4 is 51.0 Å². The number of benzene rings is 1. The van der Waals surface area contributed by atoms with E-state index in [0.29, 0.717) is 21.9 Å². The number of hydrogen-bond acceptors (Lipinski definition) is 7. The minimum Gasteiger partial charge on any atom is -0.652 e. The van der Waals surface area contributed by atoms with Gasteiger partial charge in [0, 0.05) is 11.8 Å². The molecule has 0 aliphatic carbocycles. The van der Waals surface area contributed by atoms with Gasteiger partial charge >= 0.3 is 29.2 Å². The Kier molecular flexibility index (Phi) is 9.52. The number of hydrogen-bond donors (Lipinski definition) is 1. The van der Waals surface area contributed by atoms with E-state index in [2.05, 4.69) is 15.0 Å². The van der Waals surface area contributed by atoms with Gasteiger partial charge in [0.25, 0.3) is 0 Å². The minimum atomic E-state index is -4.42. The van der Waals surface area contributed by atoms with E-state index in [9.17, 15) is 17.4 Å². The molecule has 1 N–H and O–H groups in total. The SMILES string of the molecule is Cc1c(OCC(F)(F)F)ccnc1CS(=O)c1nc2ccccc2[nH]1.O=C([O-])[O-].[Mg+2]. The van der Waals surface area contributed by atoms with Crippen LogP contribution in [-0.2, 0) is 16.6 Å². The van der Waals surface area contributed by atoms with Crippen LogP contribution in [0.5, 0.6) is 5.75 Å². The third-order valence-corrected chi connectivity index (χ3v) is 4.66. The molecule has 0 bridgehead atoms. The second kappa shape index (κ2) is 11.1. The van der Waals surface area contributed by atoms with E-state index in [1.165, 1.54) is 12.3 Å². The number of H-pyrrole nitrogens is 1. The molecule has 30 heavy (non-hydrogen) atoms. The van der Waals surface area contributed by atoms with Crippen LogP contribution in [0.25, 0.3) is 11.0 Å². The number of ether oxygens (including phenoxy) is 1. The molecule has 0 spiro atoms. The fraction of sp³-hybridized carbons (Fsp3) is 0.235. The topological polar surface area (TPSA) is 131 Å². The molecule has 2 aromatic heterocycles. The van der Waals surface area contributed by atoms with Gasteiger partial charge in [0.1, 0.15) is 5.75 Å². The molecule has 2 heterocycles. The van der Waals surface area contributed by atoms with Crippen LogP contribution >= 0.6 is 0 Å². The Morgan fingerprint density at radius 3 is 2.47 bits per heavy atom. The number of fused-ring (bicyclic) bond motifs is 1. The standard InChI is InChI=1S/C16H14F3N3O2S.CH2O3.Mg/c1-10-13(20-7-6-14(10)24-9-16(17,18)19)8-25(23)15-21-11-4-2-3-5-12(11)22-15;2-1(3)4;/h2-7H,8-9H2,1H3,(H,21,22);(H2,2,3,4);/q;;+2/p-2. The first-order valence-corrected chi connectivity index (χ1v) is 9.24. The van der Waals surface area contributed by atoms with Crippen molar-refractivity contribution in [2.24, 2.45) is 0 Å². The number of para-hydroxylation sites is 2. The van der Waals surface area contributed by atoms with E-state index >= 15 is 0 Å². The number of halogens is 3. The first-order chi connectivity index (χ1) is 13.6. The van der Waals surface area contributed by atoms with Crippen LogP contribution in [-0.4, -0.2) is 61.2 Å². The van der Waals surface area contributed by atoms with E-state index in [4.69, 9.17) is 19.7 Å². The monoisotopic (exact) mass is 453 g/mol. The number of imidazole rings is 1. The number of aromatic nitrogens is 3. The molecule has 1 aromatic carbocycles. The minimum absolute atomic E-state index is 0. The number of alkyl halides is 3. The summed E-state index contributed by atoms with van der Waals surface area (Å²) in [6.07, 6.45) is -5.42. The summed E-state index contributed by atoms with van der Waals surface area (Å²) in [6.45, 7) is 0.202. The molecule has 8 nitrogen and oxygen atoms in total. The first-order valence-electron chi connectivity index (χ1n) is 7.92. The van der Waals surface area contributed by atoms with E-state index in [1.807, 2.05) is 18.2 Å². The summed E-state index contributed by atoms with van der Waals surface area (Å²) in [5.41, 5.74) is 2.28. The van der Waals surface area contributed by atoms with Crippen molar-refractivity contribution < 1.29 is 37.1 Å². The van der Waals surface area contributed by atoms with E-state index in [1.54, 1.807) is 13.0 Å². The second-order valence-corrected chi connectivity index (χ2v) is 6.95. The summed E-state index contributed by atoms with van der Waals surface area (Å²) in [7, 11) is -1.51. The molecule has 0 amide bonds. The van der Waals surface area contributed by atoms with Crippen LogP contribution in [0.4, 0.5) is 18.0 Å². The van der Waals surface area contributed by atoms with Gasteiger partial charge in [-0.05, 0) is 31.3 Å². The first kappa shape index (κ1) is 25.7. The molecular formula is C17H14F3MgN3O5S. The third kappa shape index (κ3) is 7.80. The molecule has 1 atom stereocenters. The third-order valence-electron chi connectivity index (χ3n) is 3.50. The summed E-state index contributed by atoms with van der Waals surface area (Å²) in [5.74, 6) is 0.0958. The average Bonchev–Trinajstić information content (AvgIpc) is 3.05. The maximum atomic E-state index is 12.5. The molecule has 0 radical (unpaired) electrons. The van der Waals surface area contributed by atoms with Crippen molar-refractivity contribution in [2.75, 3.05) is 6.61 Å². The maximum absolute atomic E-state index is 12.5. The fourth-order valence-electron chi connectivity index (χ4n) is 2.25. The van der Waals surface area contributed by atoms with Gasteiger partial charge < -0.3 is 24.7 Å². The van der Waals surface area contributed by atoms with Crippen LogP contribution in [0.15, 0.2) is 41.7 Å². The number of carbonyl (C=O) groups is 1. The molecule has 3 rings (SSSR count). The summed E-state index contributed by atoms with van der Waals surface area (Å²) >= 11 is 0. The van der Waals surface area contributed by atoms with E-state index < -0.39 is 29.7 Å². The molecule has 1 unspecified atom stereocenters. The Morgan fingerprint density at radius 2 is 1.87 bits per heavy atom. The predicted molar refractivity (Wildman–Crippen MR) is 97.9 cm³/mol. The Labute approximate surface area is 187 Å². The Balaban J connectivity index is 0.000000827. The van der Waals surface area contributed by atoms with Crippen LogP contribution in [0.2, 0.25) is 0 Å². The fourth-order valence-corrected chi connectivity index (χ4v) is 3.35. The number of pyridine rings is 1. The number of nitrogens with one attached hydrogen (secondary N) is 1. The zero-order valence-corrected chi connectivity index (χ0v) is 17.8. The zero-order chi connectivity index (χ0) is 21.6. The maximum Gasteiger partial charge on any atom is 2.00 e. The van der Waals surface area contributed by atoms with Gasteiger partial charge in [-0.3, -0.25) is 9.19 Å². The van der Waals surface area contributed by atoms with E-state index in [0.717, 1.165) is 5.52 Å². The van der Waals surface area contributed by atoms with Gasteiger partial charge in [-0.25, -0.2) is 4.98 Å². The largest absolute Gasteiger partial charge is 2.00 e. The number of nitrogens with zero attached hydrogens (tertiary/aromatic N) is 2. The van der Waals surface area contributed by atoms with Gasteiger partial charge in [-0.15, -0.1) is 0 Å². The summed E-state index contributed by atoms with van der Waals surface area (Å²) in [6, 6.07) is 8.62. The molecule has 0 saturated carbocycles. The molecule has 0 aliphatic heterocycles. The summed E-state index contributed by atoms with van der Waals surface area (Å²) < 4.78 is 54.2. The van der Waals surface area contributed by atoms with Gasteiger partial charge in [0.15, 0.2) is 11.8 Å². The van der Waals surface area contributed by atoms with Crippen molar-refractivity contribution in [3.05, 3.63) is 47.8 Å². The predicted octanol–water partition coefficient (Wildman–Crippen LogP) is 0.687. The van der Waals surface area contributed by atoms with Crippen molar-refractivity contribution in [1.82, 2.24) is 15.0 Å². The Bertz CT molecular complexity index is 992. The van der Waals surface area contributed by atoms with Gasteiger partial charge in [-0.2, -0.15) is 13.2 Å². The number of rotatable bonds is 5. The molecule has 13 heteroatoms. The van der Waals surface area contributed by atoms with Crippen LogP contribution in [0, 0.1) is 6.92 Å². The quantitative estimate of drug-likeness (QED) is 0.562. The average molecular weight is 454 g/mol. The Morgan fingerprint density at radius 1 is 1.23 bits per heavy atom. The van der Waals surface area contributed by atoms with Gasteiger partial charge in [0.05, 0.1) is 33.3 Å². The van der Waals surface area contributed by atoms with Gasteiger partial charge in [-0.1, -0.05) is 12.1 Å². The molecule has 0 aliphatic rings. The van der Waals surface area contributed by atoms with E-state index in [-0.39, 0.29) is 34.6 Å². The summed E-state index contributed by atoms with van der Waals surface area (Å²) in [5, 5.41) is 17.0. The van der Waals surface area contributed by atoms with Crippen molar-refractivity contribution in [3.8, 4) is 5.75 Å². The molecule has 3 aromatic rings. The van der Waals surface area contributed by atoms with Crippen LogP contribution in [0.1, 0.15) is 11.3 Å². The van der Waals surface area contributed by atoms with Crippen LogP contribution < -0.4 is 14.9 Å². The molecule has 0 fully saturated rings. The second-order valence-electron chi connectivity index (χ2n) is 5.58. The number of aromatic amines is 1. The molecule has 0 saturated heterocycles. The van der Waals surface area contributed by atoms with Gasteiger partial charge in [0.2, 0.25) is 0 Å². The summed E-state index contributed by atoms with van der Waals surface area (Å²) in [4.78, 5) is 19.7. The number of carboxylic acid groups (broad SMARTS) is 2. The molecular weight excluding hydrogens is 440 g/mol. The van der Waals surface area contributed by atoms with Crippen molar-refractivity contribution in [1.29, 1.82) is 0 Å². The van der Waals surface area contributed by atoms with Crippen molar-refractivity contribution in [3.63, 3.8) is 0 Å². The normalized spacial score (nSPS) is 11.7. The zero-order valence-electron chi connectivity index (χ0n) is 15.6. The smallest absolute Gasteiger partial charge is 0.652 e. The number of carbonyl (C=O) groups excluding carboxylic acids is 1. The molecule has 156 valence electrons. The van der Waals surface area contributed by atoms with Crippen LogP contribution in [0.3, 0.4) is 0 Å². The Hall–Kier alpha value is -2.38. The van der Waals surface area contributed by atoms with Crippen molar-refractivity contribution in [2.45, 2.75) is 24.0 Å².